The zero-order chi connectivity index (χ0) is 15.8. The van der Waals surface area contributed by atoms with Crippen LogP contribution >= 0.6 is 0 Å². The lowest BCUT2D eigenvalue weighted by Gasteiger charge is -2.21. The summed E-state index contributed by atoms with van der Waals surface area (Å²) in [5.41, 5.74) is 0. The highest BCUT2D eigenvalue weighted by molar-refractivity contribution is 5.77. The molecule has 0 bridgehead atoms. The van der Waals surface area contributed by atoms with E-state index < -0.39 is 0 Å². The van der Waals surface area contributed by atoms with Crippen LogP contribution in [0.3, 0.4) is 0 Å². The molecule has 1 saturated heterocycles. The van der Waals surface area contributed by atoms with Crippen molar-refractivity contribution in [1.82, 2.24) is 19.4 Å². The Morgan fingerprint density at radius 2 is 2.27 bits per heavy atom. The summed E-state index contributed by atoms with van der Waals surface area (Å²) >= 11 is 0. The van der Waals surface area contributed by atoms with E-state index in [1.54, 1.807) is 6.08 Å². The Morgan fingerprint density at radius 1 is 1.41 bits per heavy atom. The molecule has 1 amide bonds. The summed E-state index contributed by atoms with van der Waals surface area (Å²) in [5, 5.41) is 0. The molecular weight excluding hydrogens is 280 g/mol. The first-order valence-electron chi connectivity index (χ1n) is 7.85. The lowest BCUT2D eigenvalue weighted by atomic mass is 10.3. The predicted molar refractivity (Wildman–Crippen MR) is 85.3 cm³/mol. The monoisotopic (exact) mass is 306 g/mol. The van der Waals surface area contributed by atoms with E-state index in [0.717, 1.165) is 51.4 Å². The van der Waals surface area contributed by atoms with Crippen LogP contribution in [0.25, 0.3) is 0 Å². The molecule has 122 valence electrons. The van der Waals surface area contributed by atoms with Crippen LogP contribution in [0.1, 0.15) is 18.7 Å². The fourth-order valence-electron chi connectivity index (χ4n) is 2.54. The molecule has 1 fully saturated rings. The molecule has 0 saturated carbocycles. The van der Waals surface area contributed by atoms with Crippen LogP contribution in [0.15, 0.2) is 25.0 Å². The summed E-state index contributed by atoms with van der Waals surface area (Å²) < 4.78 is 7.41. The van der Waals surface area contributed by atoms with Gasteiger partial charge in [0.25, 0.3) is 0 Å². The van der Waals surface area contributed by atoms with Gasteiger partial charge in [-0.1, -0.05) is 6.08 Å². The lowest BCUT2D eigenvalue weighted by molar-refractivity contribution is -0.135. The molecule has 1 aromatic heterocycles. The van der Waals surface area contributed by atoms with E-state index in [1.807, 2.05) is 28.9 Å². The maximum absolute atomic E-state index is 12.1. The highest BCUT2D eigenvalue weighted by Crippen LogP contribution is 2.08. The Morgan fingerprint density at radius 3 is 3.00 bits per heavy atom. The molecule has 0 aliphatic carbocycles. The number of carbonyl (C=O) groups excluding carboxylic acids is 1. The normalized spacial score (nSPS) is 16.5. The number of hydrogen-bond acceptors (Lipinski definition) is 4. The van der Waals surface area contributed by atoms with E-state index in [9.17, 15) is 4.79 Å². The van der Waals surface area contributed by atoms with Gasteiger partial charge in [-0.25, -0.2) is 4.98 Å². The number of nitrogens with zero attached hydrogens (tertiary/aromatic N) is 4. The molecular formula is C16H26N4O2. The Kier molecular flexibility index (Phi) is 6.61. The number of aryl methyl sites for hydroxylation is 1. The smallest absolute Gasteiger partial charge is 0.248 e. The second-order valence-corrected chi connectivity index (χ2v) is 5.59. The number of rotatable bonds is 7. The third-order valence-electron chi connectivity index (χ3n) is 3.92. The first-order chi connectivity index (χ1) is 10.7. The van der Waals surface area contributed by atoms with Gasteiger partial charge < -0.3 is 14.2 Å². The van der Waals surface area contributed by atoms with Gasteiger partial charge in [-0.05, 0) is 12.8 Å². The molecule has 1 aromatic rings. The third-order valence-corrected chi connectivity index (χ3v) is 3.92. The fraction of sp³-hybridized carbons (Fsp3) is 0.625. The summed E-state index contributed by atoms with van der Waals surface area (Å²) in [5.74, 6) is 1.15. The van der Waals surface area contributed by atoms with Gasteiger partial charge in [-0.3, -0.25) is 9.69 Å². The Labute approximate surface area is 132 Å². The van der Waals surface area contributed by atoms with Gasteiger partial charge in [0, 0.05) is 45.6 Å². The second kappa shape index (κ2) is 8.70. The highest BCUT2D eigenvalue weighted by atomic mass is 16.5. The van der Waals surface area contributed by atoms with Crippen molar-refractivity contribution >= 4 is 5.91 Å². The molecule has 2 heterocycles. The number of aromatic nitrogens is 2. The van der Waals surface area contributed by atoms with Gasteiger partial charge in [-0.15, -0.1) is 6.58 Å². The van der Waals surface area contributed by atoms with Crippen LogP contribution in [0.2, 0.25) is 0 Å². The summed E-state index contributed by atoms with van der Waals surface area (Å²) in [6, 6.07) is 0. The Hall–Kier alpha value is -1.66. The van der Waals surface area contributed by atoms with Crippen LogP contribution in [-0.4, -0.2) is 64.7 Å². The molecule has 2 rings (SSSR count). The van der Waals surface area contributed by atoms with Crippen LogP contribution in [0.5, 0.6) is 0 Å². The van der Waals surface area contributed by atoms with Crippen molar-refractivity contribution in [2.24, 2.45) is 7.05 Å². The largest absolute Gasteiger partial charge is 0.371 e. The zero-order valence-electron chi connectivity index (χ0n) is 13.4. The van der Waals surface area contributed by atoms with Crippen molar-refractivity contribution in [1.29, 1.82) is 0 Å². The number of imidazole rings is 1. The Balaban J connectivity index is 1.75. The minimum atomic E-state index is 0.0860. The van der Waals surface area contributed by atoms with Crippen LogP contribution in [0.4, 0.5) is 0 Å². The maximum Gasteiger partial charge on any atom is 0.248 e. The summed E-state index contributed by atoms with van der Waals surface area (Å²) in [4.78, 5) is 20.8. The number of amides is 1. The number of ether oxygens (including phenoxy) is 1. The molecule has 1 aliphatic rings. The average molecular weight is 306 g/mol. The molecule has 0 N–H and O–H groups in total. The van der Waals surface area contributed by atoms with Crippen molar-refractivity contribution in [2.45, 2.75) is 19.4 Å². The van der Waals surface area contributed by atoms with E-state index in [4.69, 9.17) is 4.74 Å². The van der Waals surface area contributed by atoms with Crippen LogP contribution in [0, 0.1) is 0 Å². The SMILES string of the molecule is C=CCCOCC(=O)N1CCCN(Cc2nccn2C)CC1. The van der Waals surface area contributed by atoms with Gasteiger partial charge in [0.2, 0.25) is 5.91 Å². The molecule has 0 radical (unpaired) electrons. The van der Waals surface area contributed by atoms with Crippen molar-refractivity contribution in [3.63, 3.8) is 0 Å². The van der Waals surface area contributed by atoms with Crippen molar-refractivity contribution in [3.8, 4) is 0 Å². The molecule has 22 heavy (non-hydrogen) atoms. The van der Waals surface area contributed by atoms with Gasteiger partial charge in [0.1, 0.15) is 12.4 Å². The number of carbonyl (C=O) groups is 1. The summed E-state index contributed by atoms with van der Waals surface area (Å²) in [6.45, 7) is 8.65. The minimum Gasteiger partial charge on any atom is -0.371 e. The molecule has 0 aromatic carbocycles. The van der Waals surface area contributed by atoms with E-state index in [0.29, 0.717) is 6.61 Å². The fourth-order valence-corrected chi connectivity index (χ4v) is 2.54. The first-order valence-corrected chi connectivity index (χ1v) is 7.85. The van der Waals surface area contributed by atoms with Gasteiger partial charge in [-0.2, -0.15) is 0 Å². The predicted octanol–water partition coefficient (Wildman–Crippen LogP) is 1.05. The first kappa shape index (κ1) is 16.7. The molecule has 0 spiro atoms. The quantitative estimate of drug-likeness (QED) is 0.558. The van der Waals surface area contributed by atoms with Crippen molar-refractivity contribution < 1.29 is 9.53 Å². The van der Waals surface area contributed by atoms with Crippen molar-refractivity contribution in [3.05, 3.63) is 30.9 Å². The van der Waals surface area contributed by atoms with Gasteiger partial charge in [0.15, 0.2) is 0 Å². The van der Waals surface area contributed by atoms with Crippen LogP contribution < -0.4 is 0 Å². The molecule has 1 aliphatic heterocycles. The van der Waals surface area contributed by atoms with Gasteiger partial charge in [0.05, 0.1) is 13.2 Å². The molecule has 0 unspecified atom stereocenters. The maximum atomic E-state index is 12.1. The van der Waals surface area contributed by atoms with Crippen molar-refractivity contribution in [2.75, 3.05) is 39.4 Å². The molecule has 6 heteroatoms. The van der Waals surface area contributed by atoms with E-state index in [2.05, 4.69) is 16.5 Å². The van der Waals surface area contributed by atoms with E-state index in [-0.39, 0.29) is 12.5 Å². The summed E-state index contributed by atoms with van der Waals surface area (Å²) in [7, 11) is 2.01. The topological polar surface area (TPSA) is 50.6 Å². The highest BCUT2D eigenvalue weighted by Gasteiger charge is 2.19. The standard InChI is InChI=1S/C16H26N4O2/c1-3-4-12-22-14-16(21)20-8-5-7-19(10-11-20)13-15-17-6-9-18(15)2/h3,6,9H,1,4-5,7-8,10-14H2,2H3. The van der Waals surface area contributed by atoms with Crippen LogP contribution in [-0.2, 0) is 23.1 Å². The van der Waals surface area contributed by atoms with E-state index >= 15 is 0 Å². The number of hydrogen-bond donors (Lipinski definition) is 0. The molecule has 0 atom stereocenters. The second-order valence-electron chi connectivity index (χ2n) is 5.59. The van der Waals surface area contributed by atoms with Gasteiger partial charge >= 0.3 is 0 Å². The average Bonchev–Trinajstić information content (AvgIpc) is 2.77. The Bertz CT molecular complexity index is 486. The molecule has 6 nitrogen and oxygen atoms in total. The third kappa shape index (κ3) is 4.96. The lowest BCUT2D eigenvalue weighted by Crippen LogP contribution is -2.37. The summed E-state index contributed by atoms with van der Waals surface area (Å²) in [6.07, 6.45) is 7.35. The van der Waals surface area contributed by atoms with E-state index in [1.165, 1.54) is 0 Å². The minimum absolute atomic E-state index is 0.0860. The zero-order valence-corrected chi connectivity index (χ0v) is 13.4.